The van der Waals surface area contributed by atoms with E-state index in [0.717, 1.165) is 21.3 Å². The second-order valence-electron chi connectivity index (χ2n) is 5.40. The Balaban J connectivity index is 1.90. The zero-order valence-corrected chi connectivity index (χ0v) is 15.9. The van der Waals surface area contributed by atoms with Crippen molar-refractivity contribution in [2.24, 2.45) is 0 Å². The van der Waals surface area contributed by atoms with Crippen LogP contribution in [0.25, 0.3) is 9.88 Å². The van der Waals surface area contributed by atoms with Gasteiger partial charge in [0.05, 0.1) is 27.0 Å². The topological polar surface area (TPSA) is 45.2 Å². The van der Waals surface area contributed by atoms with Gasteiger partial charge in [0.1, 0.15) is 9.88 Å². The molecule has 0 saturated carbocycles. The van der Waals surface area contributed by atoms with Gasteiger partial charge < -0.3 is 10.2 Å². The summed E-state index contributed by atoms with van der Waals surface area (Å²) in [6.45, 7) is 1.85. The lowest BCUT2D eigenvalue weighted by molar-refractivity contribution is 0.103. The van der Waals surface area contributed by atoms with E-state index in [1.807, 2.05) is 55.6 Å². The van der Waals surface area contributed by atoms with E-state index in [-0.39, 0.29) is 5.91 Å². The number of halogens is 1. The summed E-state index contributed by atoms with van der Waals surface area (Å²) >= 11 is 9.27. The molecule has 7 heteroatoms. The molecule has 0 bridgehead atoms. The molecule has 0 aliphatic heterocycles. The number of carbonyl (C=O) groups is 1. The first-order valence-corrected chi connectivity index (χ1v) is 9.33. The fourth-order valence-corrected chi connectivity index (χ4v) is 4.46. The summed E-state index contributed by atoms with van der Waals surface area (Å²) in [5.41, 5.74) is 2.20. The normalized spacial score (nSPS) is 10.7. The molecule has 1 amide bonds. The van der Waals surface area contributed by atoms with Crippen LogP contribution in [0, 0.1) is 6.92 Å². The third-order valence-corrected chi connectivity index (χ3v) is 5.92. The third-order valence-electron chi connectivity index (χ3n) is 3.42. The van der Waals surface area contributed by atoms with Crippen LogP contribution in [-0.4, -0.2) is 25.0 Å². The van der Waals surface area contributed by atoms with E-state index in [4.69, 9.17) is 11.6 Å². The molecule has 4 nitrogen and oxygen atoms in total. The summed E-state index contributed by atoms with van der Waals surface area (Å²) in [5.74, 6) is -0.168. The van der Waals surface area contributed by atoms with Crippen molar-refractivity contribution in [2.45, 2.75) is 6.92 Å². The van der Waals surface area contributed by atoms with E-state index in [1.54, 1.807) is 17.4 Å². The molecule has 0 radical (unpaired) electrons. The van der Waals surface area contributed by atoms with Crippen molar-refractivity contribution in [3.8, 4) is 9.88 Å². The van der Waals surface area contributed by atoms with Gasteiger partial charge in [-0.1, -0.05) is 23.7 Å². The average molecular weight is 378 g/mol. The standard InChI is InChI=1S/C17H16ClN3OS2/c1-10-15(24-17(19-10)13-8-5-9-23-13)16(22)20-12-7-4-6-11(18)14(12)21(2)3/h4-9H,1-3H3,(H,20,22). The van der Waals surface area contributed by atoms with Gasteiger partial charge in [0, 0.05) is 14.1 Å². The number of carbonyl (C=O) groups excluding carboxylic acids is 1. The first-order valence-electron chi connectivity index (χ1n) is 7.26. The van der Waals surface area contributed by atoms with Crippen LogP contribution in [0.2, 0.25) is 5.02 Å². The highest BCUT2D eigenvalue weighted by molar-refractivity contribution is 7.22. The molecule has 3 aromatic rings. The Morgan fingerprint density at radius 1 is 1.25 bits per heavy atom. The highest BCUT2D eigenvalue weighted by atomic mass is 35.5. The predicted molar refractivity (Wildman–Crippen MR) is 104 cm³/mol. The molecule has 3 rings (SSSR count). The predicted octanol–water partition coefficient (Wildman–Crippen LogP) is 5.15. The van der Waals surface area contributed by atoms with Gasteiger partial charge in [-0.2, -0.15) is 0 Å². The number of benzene rings is 1. The Hall–Kier alpha value is -1.89. The summed E-state index contributed by atoms with van der Waals surface area (Å²) in [6, 6.07) is 9.45. The van der Waals surface area contributed by atoms with Gasteiger partial charge in [-0.25, -0.2) is 4.98 Å². The molecule has 0 saturated heterocycles. The number of thiophene rings is 1. The Kier molecular flexibility index (Phi) is 4.89. The molecule has 1 N–H and O–H groups in total. The smallest absolute Gasteiger partial charge is 0.267 e. The zero-order valence-electron chi connectivity index (χ0n) is 13.5. The second-order valence-corrected chi connectivity index (χ2v) is 7.75. The maximum absolute atomic E-state index is 12.7. The molecule has 2 aromatic heterocycles. The minimum atomic E-state index is -0.168. The lowest BCUT2D eigenvalue weighted by Gasteiger charge is -2.19. The second kappa shape index (κ2) is 6.93. The fraction of sp³-hybridized carbons (Fsp3) is 0.176. The monoisotopic (exact) mass is 377 g/mol. The Morgan fingerprint density at radius 2 is 2.04 bits per heavy atom. The van der Waals surface area contributed by atoms with Crippen molar-refractivity contribution in [3.63, 3.8) is 0 Å². The maximum Gasteiger partial charge on any atom is 0.267 e. The fourth-order valence-electron chi connectivity index (χ4n) is 2.36. The molecule has 124 valence electrons. The minimum Gasteiger partial charge on any atom is -0.375 e. The number of nitrogens with zero attached hydrogens (tertiary/aromatic N) is 2. The van der Waals surface area contributed by atoms with Gasteiger partial charge in [-0.3, -0.25) is 4.79 Å². The summed E-state index contributed by atoms with van der Waals surface area (Å²) in [6.07, 6.45) is 0. The minimum absolute atomic E-state index is 0.168. The van der Waals surface area contributed by atoms with Crippen LogP contribution < -0.4 is 10.2 Å². The zero-order chi connectivity index (χ0) is 17.3. The van der Waals surface area contributed by atoms with Crippen molar-refractivity contribution >= 4 is 51.6 Å². The number of nitrogens with one attached hydrogen (secondary N) is 1. The highest BCUT2D eigenvalue weighted by Gasteiger charge is 2.19. The van der Waals surface area contributed by atoms with Crippen LogP contribution >= 0.6 is 34.3 Å². The quantitative estimate of drug-likeness (QED) is 0.683. The van der Waals surface area contributed by atoms with Gasteiger partial charge in [0.25, 0.3) is 5.91 Å². The van der Waals surface area contributed by atoms with E-state index >= 15 is 0 Å². The van der Waals surface area contributed by atoms with Crippen molar-refractivity contribution < 1.29 is 4.79 Å². The van der Waals surface area contributed by atoms with Crippen LogP contribution in [0.5, 0.6) is 0 Å². The van der Waals surface area contributed by atoms with Gasteiger partial charge in [-0.05, 0) is 30.5 Å². The Bertz CT molecular complexity index is 872. The largest absolute Gasteiger partial charge is 0.375 e. The number of hydrogen-bond donors (Lipinski definition) is 1. The van der Waals surface area contributed by atoms with Crippen molar-refractivity contribution in [1.82, 2.24) is 4.98 Å². The van der Waals surface area contributed by atoms with E-state index in [1.165, 1.54) is 11.3 Å². The van der Waals surface area contributed by atoms with Gasteiger partial charge in [-0.15, -0.1) is 22.7 Å². The summed E-state index contributed by atoms with van der Waals surface area (Å²) in [4.78, 5) is 20.8. The third kappa shape index (κ3) is 3.31. The summed E-state index contributed by atoms with van der Waals surface area (Å²) < 4.78 is 0. The number of rotatable bonds is 4. The number of para-hydroxylation sites is 1. The van der Waals surface area contributed by atoms with Crippen LogP contribution in [-0.2, 0) is 0 Å². The molecule has 0 fully saturated rings. The molecule has 2 heterocycles. The van der Waals surface area contributed by atoms with Crippen LogP contribution in [0.15, 0.2) is 35.7 Å². The summed E-state index contributed by atoms with van der Waals surface area (Å²) in [7, 11) is 3.79. The van der Waals surface area contributed by atoms with Crippen LogP contribution in [0.3, 0.4) is 0 Å². The molecule has 0 atom stereocenters. The van der Waals surface area contributed by atoms with E-state index in [9.17, 15) is 4.79 Å². The molecule has 0 aliphatic rings. The molecule has 1 aromatic carbocycles. The maximum atomic E-state index is 12.7. The lowest BCUT2D eigenvalue weighted by Crippen LogP contribution is -2.17. The van der Waals surface area contributed by atoms with Gasteiger partial charge >= 0.3 is 0 Å². The van der Waals surface area contributed by atoms with Gasteiger partial charge in [0.2, 0.25) is 0 Å². The molecule has 0 spiro atoms. The van der Waals surface area contributed by atoms with E-state index in [2.05, 4.69) is 10.3 Å². The number of aryl methyl sites for hydroxylation is 1. The first-order chi connectivity index (χ1) is 11.5. The number of anilines is 2. The molecular weight excluding hydrogens is 362 g/mol. The van der Waals surface area contributed by atoms with E-state index in [0.29, 0.717) is 15.6 Å². The summed E-state index contributed by atoms with van der Waals surface area (Å²) in [5, 5.41) is 6.42. The molecule has 0 unspecified atom stereocenters. The number of aromatic nitrogens is 1. The van der Waals surface area contributed by atoms with Crippen molar-refractivity contribution in [2.75, 3.05) is 24.3 Å². The Morgan fingerprint density at radius 3 is 2.71 bits per heavy atom. The SMILES string of the molecule is Cc1nc(-c2cccs2)sc1C(=O)Nc1cccc(Cl)c1N(C)C. The number of thiazole rings is 1. The molecule has 24 heavy (non-hydrogen) atoms. The van der Waals surface area contributed by atoms with Crippen molar-refractivity contribution in [1.29, 1.82) is 0 Å². The van der Waals surface area contributed by atoms with Crippen molar-refractivity contribution in [3.05, 3.63) is 51.3 Å². The molecular formula is C17H16ClN3OS2. The lowest BCUT2D eigenvalue weighted by atomic mass is 10.2. The first kappa shape index (κ1) is 17.0. The number of amides is 1. The van der Waals surface area contributed by atoms with Crippen LogP contribution in [0.4, 0.5) is 11.4 Å². The average Bonchev–Trinajstić information content (AvgIpc) is 3.15. The Labute approximate surface area is 153 Å². The molecule has 0 aliphatic carbocycles. The van der Waals surface area contributed by atoms with Crippen LogP contribution in [0.1, 0.15) is 15.4 Å². The highest BCUT2D eigenvalue weighted by Crippen LogP contribution is 2.34. The van der Waals surface area contributed by atoms with E-state index < -0.39 is 0 Å². The number of hydrogen-bond acceptors (Lipinski definition) is 5. The van der Waals surface area contributed by atoms with Gasteiger partial charge in [0.15, 0.2) is 0 Å².